The van der Waals surface area contributed by atoms with Gasteiger partial charge in [-0.05, 0) is 49.9 Å². The molecule has 1 N–H and O–H groups in total. The number of carbonyl (C=O) groups excluding carboxylic acids is 1. The summed E-state index contributed by atoms with van der Waals surface area (Å²) in [5, 5.41) is 2.98. The van der Waals surface area contributed by atoms with Crippen molar-refractivity contribution in [2.45, 2.75) is 13.5 Å². The van der Waals surface area contributed by atoms with Gasteiger partial charge in [0.1, 0.15) is 11.6 Å². The summed E-state index contributed by atoms with van der Waals surface area (Å²) in [4.78, 5) is 28.2. The first-order valence-corrected chi connectivity index (χ1v) is 10.8. The summed E-state index contributed by atoms with van der Waals surface area (Å²) in [7, 11) is 2.14. The fourth-order valence-electron chi connectivity index (χ4n) is 3.72. The smallest absolute Gasteiger partial charge is 0.256 e. The summed E-state index contributed by atoms with van der Waals surface area (Å²) in [5.41, 5.74) is 2.87. The van der Waals surface area contributed by atoms with Crippen molar-refractivity contribution in [2.24, 2.45) is 4.99 Å². The van der Waals surface area contributed by atoms with E-state index in [-0.39, 0.29) is 5.91 Å². The number of anilines is 1. The molecular formula is C22H23N5O2S. The molecule has 0 saturated carbocycles. The molecule has 2 aliphatic rings. The molecule has 1 saturated heterocycles. The Morgan fingerprint density at radius 2 is 1.93 bits per heavy atom. The van der Waals surface area contributed by atoms with Crippen molar-refractivity contribution in [3.05, 3.63) is 58.3 Å². The van der Waals surface area contributed by atoms with Gasteiger partial charge in [0.25, 0.3) is 5.91 Å². The maximum absolute atomic E-state index is 12.8. The van der Waals surface area contributed by atoms with E-state index in [1.807, 2.05) is 37.3 Å². The van der Waals surface area contributed by atoms with E-state index in [1.54, 1.807) is 17.5 Å². The summed E-state index contributed by atoms with van der Waals surface area (Å²) in [6, 6.07) is 9.86. The largest absolute Gasteiger partial charge is 0.441 e. The number of carbonyl (C=O) groups is 1. The lowest BCUT2D eigenvalue weighted by atomic mass is 10.1. The van der Waals surface area contributed by atoms with Crippen LogP contribution in [0.25, 0.3) is 10.8 Å². The number of piperazine rings is 1. The number of benzene rings is 1. The summed E-state index contributed by atoms with van der Waals surface area (Å²) in [5.74, 6) is 1.86. The molecular weight excluding hydrogens is 398 g/mol. The molecule has 0 unspecified atom stereocenters. The van der Waals surface area contributed by atoms with Crippen molar-refractivity contribution in [1.82, 2.24) is 15.2 Å². The number of aromatic nitrogens is 1. The zero-order valence-corrected chi connectivity index (χ0v) is 17.8. The molecule has 7 nitrogen and oxygen atoms in total. The minimum absolute atomic E-state index is 0.145. The van der Waals surface area contributed by atoms with Gasteiger partial charge in [-0.3, -0.25) is 9.79 Å². The molecule has 3 aromatic rings. The third-order valence-electron chi connectivity index (χ3n) is 5.49. The van der Waals surface area contributed by atoms with Crippen LogP contribution in [0, 0.1) is 6.92 Å². The lowest BCUT2D eigenvalue weighted by Gasteiger charge is -2.34. The fourth-order valence-corrected chi connectivity index (χ4v) is 4.79. The van der Waals surface area contributed by atoms with Gasteiger partial charge in [0, 0.05) is 37.4 Å². The van der Waals surface area contributed by atoms with Gasteiger partial charge in [0.15, 0.2) is 0 Å². The van der Waals surface area contributed by atoms with Crippen molar-refractivity contribution in [1.29, 1.82) is 0 Å². The van der Waals surface area contributed by atoms with E-state index < -0.39 is 0 Å². The van der Waals surface area contributed by atoms with Crippen LogP contribution in [0.3, 0.4) is 0 Å². The monoisotopic (exact) mass is 421 g/mol. The Hall–Kier alpha value is -2.97. The van der Waals surface area contributed by atoms with Crippen molar-refractivity contribution >= 4 is 28.8 Å². The molecule has 30 heavy (non-hydrogen) atoms. The van der Waals surface area contributed by atoms with Crippen LogP contribution in [-0.2, 0) is 6.54 Å². The van der Waals surface area contributed by atoms with Gasteiger partial charge in [-0.1, -0.05) is 0 Å². The lowest BCUT2D eigenvalue weighted by molar-refractivity contribution is 0.0977. The average Bonchev–Trinajstić information content (AvgIpc) is 3.46. The maximum Gasteiger partial charge on any atom is 0.256 e. The highest BCUT2D eigenvalue weighted by Gasteiger charge is 2.24. The number of thiophene rings is 1. The summed E-state index contributed by atoms with van der Waals surface area (Å²) in [6.07, 6.45) is 1.71. The Labute approximate surface area is 179 Å². The van der Waals surface area contributed by atoms with Crippen molar-refractivity contribution < 1.29 is 9.21 Å². The van der Waals surface area contributed by atoms with Crippen LogP contribution in [0.5, 0.6) is 0 Å². The zero-order valence-electron chi connectivity index (χ0n) is 17.0. The number of fused-ring (bicyclic) bond motifs is 1. The van der Waals surface area contributed by atoms with E-state index in [0.717, 1.165) is 52.9 Å². The van der Waals surface area contributed by atoms with Crippen LogP contribution in [-0.4, -0.2) is 54.9 Å². The molecule has 8 heteroatoms. The highest BCUT2D eigenvalue weighted by atomic mass is 32.1. The Kier molecular flexibility index (Phi) is 4.88. The SMILES string of the molecule is Cc1cnc(-c2cc3c(s2)C(NC(=O)c2ccc(N4CCN(C)CC4)cc2)=NC3)o1. The third-order valence-corrected chi connectivity index (χ3v) is 6.67. The molecule has 0 radical (unpaired) electrons. The predicted molar refractivity (Wildman–Crippen MR) is 118 cm³/mol. The van der Waals surface area contributed by atoms with Crippen molar-refractivity contribution in [2.75, 3.05) is 38.1 Å². The van der Waals surface area contributed by atoms with E-state index in [2.05, 4.69) is 32.1 Å². The number of aryl methyl sites for hydroxylation is 1. The maximum atomic E-state index is 12.8. The number of aliphatic imine (C=N–C) groups is 1. The first kappa shape index (κ1) is 19.0. The van der Waals surface area contributed by atoms with Crippen molar-refractivity contribution in [3.8, 4) is 10.8 Å². The van der Waals surface area contributed by atoms with Gasteiger partial charge >= 0.3 is 0 Å². The summed E-state index contributed by atoms with van der Waals surface area (Å²) >= 11 is 1.54. The molecule has 154 valence electrons. The topological polar surface area (TPSA) is 74.0 Å². The highest BCUT2D eigenvalue weighted by Crippen LogP contribution is 2.34. The molecule has 5 rings (SSSR count). The molecule has 4 heterocycles. The van der Waals surface area contributed by atoms with Crippen LogP contribution >= 0.6 is 11.3 Å². The molecule has 1 aromatic carbocycles. The van der Waals surface area contributed by atoms with Crippen LogP contribution in [0.15, 0.2) is 45.9 Å². The van der Waals surface area contributed by atoms with Crippen LogP contribution in [0.1, 0.15) is 26.6 Å². The normalized spacial score (nSPS) is 16.5. The standard InChI is InChI=1S/C22H23N5O2S/c1-14-12-24-22(29-14)18-11-16-13-23-20(19(16)30-18)25-21(28)15-3-5-17(6-4-15)27-9-7-26(2)8-10-27/h3-6,11-12H,7-10,13H2,1-2H3,(H,23,25,28). The molecule has 2 aromatic heterocycles. The Bertz CT molecular complexity index is 1110. The number of hydrogen-bond acceptors (Lipinski definition) is 7. The number of oxazole rings is 1. The molecule has 2 aliphatic heterocycles. The van der Waals surface area contributed by atoms with Gasteiger partial charge in [-0.15, -0.1) is 11.3 Å². The second-order valence-corrected chi connectivity index (χ2v) is 8.75. The molecule has 0 atom stereocenters. The first-order chi connectivity index (χ1) is 14.6. The number of rotatable bonds is 3. The van der Waals surface area contributed by atoms with Gasteiger partial charge < -0.3 is 19.5 Å². The second kappa shape index (κ2) is 7.70. The minimum atomic E-state index is -0.145. The van der Waals surface area contributed by atoms with Gasteiger partial charge in [-0.25, -0.2) is 4.98 Å². The molecule has 1 fully saturated rings. The van der Waals surface area contributed by atoms with E-state index in [1.165, 1.54) is 0 Å². The van der Waals surface area contributed by atoms with E-state index in [0.29, 0.717) is 23.8 Å². The van der Waals surface area contributed by atoms with E-state index in [4.69, 9.17) is 4.42 Å². The highest BCUT2D eigenvalue weighted by molar-refractivity contribution is 7.17. The number of hydrogen-bond donors (Lipinski definition) is 1. The average molecular weight is 422 g/mol. The number of likely N-dealkylation sites (N-methyl/N-ethyl adjacent to an activating group) is 1. The fraction of sp³-hybridized carbons (Fsp3) is 0.318. The molecule has 0 aliphatic carbocycles. The van der Waals surface area contributed by atoms with Crippen molar-refractivity contribution in [3.63, 3.8) is 0 Å². The summed E-state index contributed by atoms with van der Waals surface area (Å²) < 4.78 is 5.62. The van der Waals surface area contributed by atoms with Crippen LogP contribution in [0.2, 0.25) is 0 Å². The number of amidine groups is 1. The predicted octanol–water partition coefficient (Wildman–Crippen LogP) is 3.15. The zero-order chi connectivity index (χ0) is 20.7. The number of nitrogens with zero attached hydrogens (tertiary/aromatic N) is 4. The molecule has 1 amide bonds. The van der Waals surface area contributed by atoms with E-state index in [9.17, 15) is 4.79 Å². The quantitative estimate of drug-likeness (QED) is 0.703. The van der Waals surface area contributed by atoms with Gasteiger partial charge in [-0.2, -0.15) is 0 Å². The Morgan fingerprint density at radius 1 is 1.17 bits per heavy atom. The first-order valence-electron chi connectivity index (χ1n) is 10.0. The Balaban J connectivity index is 1.27. The third kappa shape index (κ3) is 3.64. The summed E-state index contributed by atoms with van der Waals surface area (Å²) in [6.45, 7) is 6.56. The number of amides is 1. The van der Waals surface area contributed by atoms with Gasteiger partial charge in [0.05, 0.1) is 22.5 Å². The van der Waals surface area contributed by atoms with Crippen LogP contribution < -0.4 is 10.2 Å². The number of nitrogens with one attached hydrogen (secondary N) is 1. The molecule has 0 spiro atoms. The lowest BCUT2D eigenvalue weighted by Crippen LogP contribution is -2.44. The van der Waals surface area contributed by atoms with Crippen LogP contribution in [0.4, 0.5) is 5.69 Å². The molecule has 0 bridgehead atoms. The van der Waals surface area contributed by atoms with E-state index >= 15 is 0 Å². The minimum Gasteiger partial charge on any atom is -0.441 e. The van der Waals surface area contributed by atoms with Gasteiger partial charge in [0.2, 0.25) is 5.89 Å². The second-order valence-electron chi connectivity index (χ2n) is 7.70. The Morgan fingerprint density at radius 3 is 2.63 bits per heavy atom.